The molecule has 3 rings (SSSR count). The molecule has 1 saturated heterocycles. The lowest BCUT2D eigenvalue weighted by Crippen LogP contribution is -2.32. The Morgan fingerprint density at radius 3 is 2.58 bits per heavy atom. The van der Waals surface area contributed by atoms with E-state index in [-0.39, 0.29) is 18.1 Å². The highest BCUT2D eigenvalue weighted by Gasteiger charge is 2.38. The van der Waals surface area contributed by atoms with Gasteiger partial charge < -0.3 is 14.4 Å². The highest BCUT2D eigenvalue weighted by molar-refractivity contribution is 14.1. The number of halogens is 1. The lowest BCUT2D eigenvalue weighted by atomic mass is 10.0. The van der Waals surface area contributed by atoms with E-state index in [9.17, 15) is 4.79 Å². The molecule has 26 heavy (non-hydrogen) atoms. The Labute approximate surface area is 167 Å². The molecule has 1 fully saturated rings. The van der Waals surface area contributed by atoms with Crippen LogP contribution >= 0.6 is 22.6 Å². The van der Waals surface area contributed by atoms with Crippen molar-refractivity contribution in [2.75, 3.05) is 20.2 Å². The van der Waals surface area contributed by atoms with Gasteiger partial charge in [0, 0.05) is 28.0 Å². The second kappa shape index (κ2) is 7.92. The molecule has 0 N–H and O–H groups in total. The Morgan fingerprint density at radius 1 is 1.15 bits per heavy atom. The number of pyridine rings is 1. The van der Waals surface area contributed by atoms with Crippen LogP contribution in [0.5, 0.6) is 5.88 Å². The minimum Gasteiger partial charge on any atom is -0.470 e. The highest BCUT2D eigenvalue weighted by Crippen LogP contribution is 2.23. The van der Waals surface area contributed by atoms with Crippen LogP contribution in [-0.4, -0.2) is 48.2 Å². The number of aryl methyl sites for hydroxylation is 3. The van der Waals surface area contributed by atoms with Crippen molar-refractivity contribution >= 4 is 28.5 Å². The molecular weight excluding hydrogens is 443 g/mol. The van der Waals surface area contributed by atoms with E-state index >= 15 is 0 Å². The highest BCUT2D eigenvalue weighted by atomic mass is 127. The smallest absolute Gasteiger partial charge is 0.254 e. The van der Waals surface area contributed by atoms with Gasteiger partial charge in [-0.1, -0.05) is 17.7 Å². The van der Waals surface area contributed by atoms with E-state index in [2.05, 4.69) is 27.6 Å². The Hall–Kier alpha value is -1.67. The van der Waals surface area contributed by atoms with E-state index in [1.165, 1.54) is 0 Å². The fourth-order valence-corrected chi connectivity index (χ4v) is 3.92. The van der Waals surface area contributed by atoms with Crippen molar-refractivity contribution in [2.24, 2.45) is 0 Å². The van der Waals surface area contributed by atoms with Crippen LogP contribution in [-0.2, 0) is 4.74 Å². The van der Waals surface area contributed by atoms with E-state index in [1.807, 2.05) is 51.1 Å². The third kappa shape index (κ3) is 4.17. The maximum absolute atomic E-state index is 13.0. The third-order valence-corrected chi connectivity index (χ3v) is 5.22. The van der Waals surface area contributed by atoms with Gasteiger partial charge in [-0.05, 0) is 61.1 Å². The van der Waals surface area contributed by atoms with Crippen molar-refractivity contribution in [1.29, 1.82) is 0 Å². The first-order valence-corrected chi connectivity index (χ1v) is 9.65. The number of aromatic nitrogens is 1. The molecule has 2 aromatic rings. The van der Waals surface area contributed by atoms with Gasteiger partial charge in [-0.15, -0.1) is 0 Å². The normalized spacial score (nSPS) is 19.7. The van der Waals surface area contributed by atoms with Crippen molar-refractivity contribution < 1.29 is 14.3 Å². The van der Waals surface area contributed by atoms with Gasteiger partial charge in [-0.25, -0.2) is 4.98 Å². The van der Waals surface area contributed by atoms with Gasteiger partial charge in [0.25, 0.3) is 5.91 Å². The van der Waals surface area contributed by atoms with Crippen LogP contribution < -0.4 is 4.74 Å². The molecule has 0 bridgehead atoms. The van der Waals surface area contributed by atoms with Crippen LogP contribution in [0.1, 0.15) is 27.2 Å². The van der Waals surface area contributed by atoms with Crippen LogP contribution in [0, 0.1) is 24.3 Å². The summed E-state index contributed by atoms with van der Waals surface area (Å²) in [6, 6.07) is 9.84. The largest absolute Gasteiger partial charge is 0.470 e. The van der Waals surface area contributed by atoms with Gasteiger partial charge in [0.05, 0.1) is 13.1 Å². The number of methoxy groups -OCH3 is 1. The Balaban J connectivity index is 1.78. The minimum absolute atomic E-state index is 0.0196. The summed E-state index contributed by atoms with van der Waals surface area (Å²) >= 11 is 2.25. The number of rotatable bonds is 4. The van der Waals surface area contributed by atoms with Crippen LogP contribution in [0.15, 0.2) is 30.3 Å². The number of likely N-dealkylation sites (tertiary alicyclic amines) is 1. The van der Waals surface area contributed by atoms with Crippen molar-refractivity contribution in [3.63, 3.8) is 0 Å². The van der Waals surface area contributed by atoms with Gasteiger partial charge in [0.1, 0.15) is 12.2 Å². The van der Waals surface area contributed by atoms with Gasteiger partial charge in [-0.3, -0.25) is 4.79 Å². The lowest BCUT2D eigenvalue weighted by Gasteiger charge is -2.18. The molecule has 138 valence electrons. The molecule has 2 unspecified atom stereocenters. The molecule has 0 radical (unpaired) electrons. The number of benzene rings is 1. The van der Waals surface area contributed by atoms with Crippen LogP contribution in [0.2, 0.25) is 0 Å². The molecule has 2 atom stereocenters. The number of amides is 1. The lowest BCUT2D eigenvalue weighted by molar-refractivity contribution is 0.0318. The van der Waals surface area contributed by atoms with Gasteiger partial charge in [0.2, 0.25) is 5.88 Å². The number of hydrogen-bond donors (Lipinski definition) is 0. The average molecular weight is 466 g/mol. The molecule has 0 aliphatic carbocycles. The molecule has 1 aromatic heterocycles. The Morgan fingerprint density at radius 2 is 1.88 bits per heavy atom. The number of ether oxygens (including phenoxy) is 2. The minimum atomic E-state index is -0.237. The van der Waals surface area contributed by atoms with Crippen LogP contribution in [0.3, 0.4) is 0 Å². The van der Waals surface area contributed by atoms with Gasteiger partial charge >= 0.3 is 0 Å². The van der Waals surface area contributed by atoms with E-state index < -0.39 is 0 Å². The van der Waals surface area contributed by atoms with Crippen molar-refractivity contribution in [3.05, 3.63) is 56.3 Å². The number of carbonyl (C=O) groups excluding carboxylic acids is 1. The topological polar surface area (TPSA) is 51.7 Å². The monoisotopic (exact) mass is 466 g/mol. The number of nitrogens with zero attached hydrogens (tertiary/aromatic N) is 2. The summed E-state index contributed by atoms with van der Waals surface area (Å²) < 4.78 is 12.7. The first-order chi connectivity index (χ1) is 12.4. The van der Waals surface area contributed by atoms with Crippen LogP contribution in [0.25, 0.3) is 0 Å². The van der Waals surface area contributed by atoms with E-state index in [1.54, 1.807) is 12.0 Å². The number of carbonyl (C=O) groups is 1. The molecule has 1 aromatic carbocycles. The molecule has 1 aliphatic rings. The molecule has 1 amide bonds. The van der Waals surface area contributed by atoms with Gasteiger partial charge in [-0.2, -0.15) is 0 Å². The molecular formula is C20H23IN2O3. The molecule has 5 nitrogen and oxygen atoms in total. The zero-order valence-corrected chi connectivity index (χ0v) is 17.6. The zero-order valence-electron chi connectivity index (χ0n) is 15.5. The zero-order chi connectivity index (χ0) is 18.8. The molecule has 2 heterocycles. The predicted octanol–water partition coefficient (Wildman–Crippen LogP) is 3.53. The summed E-state index contributed by atoms with van der Waals surface area (Å²) in [5, 5.41) is 0. The van der Waals surface area contributed by atoms with Crippen molar-refractivity contribution in [3.8, 4) is 5.88 Å². The van der Waals surface area contributed by atoms with E-state index in [4.69, 9.17) is 9.47 Å². The maximum atomic E-state index is 13.0. The van der Waals surface area contributed by atoms with E-state index in [0.717, 1.165) is 26.0 Å². The predicted molar refractivity (Wildman–Crippen MR) is 109 cm³/mol. The van der Waals surface area contributed by atoms with Crippen LogP contribution in [0.4, 0.5) is 0 Å². The number of hydrogen-bond acceptors (Lipinski definition) is 4. The fraction of sp³-hybridized carbons (Fsp3) is 0.400. The second-order valence-corrected chi connectivity index (χ2v) is 7.97. The third-order valence-electron chi connectivity index (χ3n) is 4.60. The standard InChI is InChI=1S/C20H23IN2O3/c1-12-5-6-13(2)16(7-12)20(24)23-10-17(25-4)18(11-23)26-19-9-15(21)8-14(3)22-19/h5-9,17-18H,10-11H2,1-4H3. The van der Waals surface area contributed by atoms with Crippen molar-refractivity contribution in [1.82, 2.24) is 9.88 Å². The summed E-state index contributed by atoms with van der Waals surface area (Å²) in [5.41, 5.74) is 3.70. The summed E-state index contributed by atoms with van der Waals surface area (Å²) in [6.45, 7) is 6.89. The van der Waals surface area contributed by atoms with E-state index in [0.29, 0.717) is 19.0 Å². The first-order valence-electron chi connectivity index (χ1n) is 8.57. The quantitative estimate of drug-likeness (QED) is 0.648. The molecule has 1 aliphatic heterocycles. The molecule has 0 spiro atoms. The summed E-state index contributed by atoms with van der Waals surface area (Å²) in [6.07, 6.45) is -0.414. The second-order valence-electron chi connectivity index (χ2n) is 6.72. The molecule has 0 saturated carbocycles. The summed E-state index contributed by atoms with van der Waals surface area (Å²) in [5.74, 6) is 0.591. The summed E-state index contributed by atoms with van der Waals surface area (Å²) in [4.78, 5) is 19.2. The summed E-state index contributed by atoms with van der Waals surface area (Å²) in [7, 11) is 1.65. The first kappa shape index (κ1) is 19.1. The van der Waals surface area contributed by atoms with Gasteiger partial charge in [0.15, 0.2) is 0 Å². The average Bonchev–Trinajstić information content (AvgIpc) is 2.98. The van der Waals surface area contributed by atoms with Crippen molar-refractivity contribution in [2.45, 2.75) is 33.0 Å². The Kier molecular flexibility index (Phi) is 5.82. The maximum Gasteiger partial charge on any atom is 0.254 e. The SMILES string of the molecule is COC1CN(C(=O)c2cc(C)ccc2C)CC1Oc1cc(I)cc(C)n1. The Bertz CT molecular complexity index is 804. The fourth-order valence-electron chi connectivity index (χ4n) is 3.20. The molecule has 6 heteroatoms.